The lowest BCUT2D eigenvalue weighted by Crippen LogP contribution is -2.47. The molecule has 0 unspecified atom stereocenters. The molecule has 2 amide bonds. The van der Waals surface area contributed by atoms with Gasteiger partial charge in [0.1, 0.15) is 12.6 Å². The summed E-state index contributed by atoms with van der Waals surface area (Å²) in [6, 6.07) is 3.77. The largest absolute Gasteiger partial charge is 0.433 e. The van der Waals surface area contributed by atoms with Gasteiger partial charge in [-0.25, -0.2) is 0 Å². The third-order valence-corrected chi connectivity index (χ3v) is 5.02. The van der Waals surface area contributed by atoms with Crippen molar-refractivity contribution in [1.82, 2.24) is 4.90 Å². The molecule has 1 aromatic carbocycles. The maximum absolute atomic E-state index is 12.9. The third-order valence-electron chi connectivity index (χ3n) is 5.02. The quantitative estimate of drug-likeness (QED) is 0.634. The van der Waals surface area contributed by atoms with Crippen molar-refractivity contribution in [1.29, 1.82) is 0 Å². The summed E-state index contributed by atoms with van der Waals surface area (Å²) in [5.74, 6) is -0.271. The van der Waals surface area contributed by atoms with Crippen molar-refractivity contribution in [2.75, 3.05) is 50.1 Å². The monoisotopic (exact) mass is 412 g/mol. The number of anilines is 2. The fraction of sp³-hybridized carbons (Fsp3) is 0.579. The average Bonchev–Trinajstić information content (AvgIpc) is 3.47. The molecule has 0 spiro atoms. The summed E-state index contributed by atoms with van der Waals surface area (Å²) in [6.45, 7) is -1.76. The predicted octanol–water partition coefficient (Wildman–Crippen LogP) is 1.26. The molecule has 2 fully saturated rings. The minimum Gasteiger partial charge on any atom is -0.433 e. The number of carbonyl (C=O) groups is 2. The maximum atomic E-state index is 12.9. The van der Waals surface area contributed by atoms with Crippen LogP contribution >= 0.6 is 0 Å². The minimum atomic E-state index is -3.07. The number of carbonyl (C=O) groups excluding carboxylic acids is 2. The van der Waals surface area contributed by atoms with E-state index in [0.29, 0.717) is 12.5 Å². The molecule has 8 nitrogen and oxygen atoms in total. The second kappa shape index (κ2) is 9.47. The number of likely N-dealkylation sites (N-methyl/N-ethyl adjacent to an activating group) is 1. The van der Waals surface area contributed by atoms with Crippen LogP contribution in [-0.4, -0.2) is 69.3 Å². The van der Waals surface area contributed by atoms with E-state index in [1.807, 2.05) is 11.9 Å². The Bertz CT molecular complexity index is 745. The summed E-state index contributed by atoms with van der Waals surface area (Å²) in [6.07, 6.45) is 2.30. The van der Waals surface area contributed by atoms with E-state index in [2.05, 4.69) is 10.1 Å². The van der Waals surface area contributed by atoms with Gasteiger partial charge in [0.25, 0.3) is 5.91 Å². The SMILES string of the molecule is CN(CC1CC1)[C@H](CN)C(=O)Nc1ccc(N2CCOCC2=O)c(OC(F)F)c1. The molecule has 160 valence electrons. The van der Waals surface area contributed by atoms with Gasteiger partial charge in [0.05, 0.1) is 12.3 Å². The normalized spacial score (nSPS) is 18.3. The summed E-state index contributed by atoms with van der Waals surface area (Å²) in [7, 11) is 1.84. The van der Waals surface area contributed by atoms with Crippen LogP contribution in [0.3, 0.4) is 0 Å². The number of nitrogens with two attached hydrogens (primary N) is 1. The first-order chi connectivity index (χ1) is 13.9. The van der Waals surface area contributed by atoms with Gasteiger partial charge in [-0.1, -0.05) is 0 Å². The Hall–Kier alpha value is -2.30. The van der Waals surface area contributed by atoms with Crippen LogP contribution in [0.25, 0.3) is 0 Å². The van der Waals surface area contributed by atoms with Crippen LogP contribution < -0.4 is 20.7 Å². The molecular formula is C19H26F2N4O4. The van der Waals surface area contributed by atoms with Gasteiger partial charge in [0.2, 0.25) is 5.91 Å². The van der Waals surface area contributed by atoms with Crippen molar-refractivity contribution in [2.24, 2.45) is 11.7 Å². The van der Waals surface area contributed by atoms with Crippen molar-refractivity contribution in [3.8, 4) is 5.75 Å². The number of hydrogen-bond acceptors (Lipinski definition) is 6. The number of nitrogens with one attached hydrogen (secondary N) is 1. The Labute approximate surface area is 167 Å². The first-order valence-corrected chi connectivity index (χ1v) is 9.57. The van der Waals surface area contributed by atoms with E-state index in [4.69, 9.17) is 10.5 Å². The maximum Gasteiger partial charge on any atom is 0.387 e. The molecule has 0 aromatic heterocycles. The van der Waals surface area contributed by atoms with Gasteiger partial charge in [-0.15, -0.1) is 0 Å². The summed E-state index contributed by atoms with van der Waals surface area (Å²) in [5, 5.41) is 2.71. The summed E-state index contributed by atoms with van der Waals surface area (Å²) < 4.78 is 35.5. The molecule has 0 bridgehead atoms. The van der Waals surface area contributed by atoms with E-state index in [1.165, 1.54) is 17.0 Å². The zero-order chi connectivity index (χ0) is 21.0. The van der Waals surface area contributed by atoms with Gasteiger partial charge >= 0.3 is 6.61 Å². The zero-order valence-electron chi connectivity index (χ0n) is 16.3. The highest BCUT2D eigenvalue weighted by molar-refractivity contribution is 5.98. The molecule has 3 N–H and O–H groups in total. The number of hydrogen-bond donors (Lipinski definition) is 2. The van der Waals surface area contributed by atoms with Crippen LogP contribution in [0.4, 0.5) is 20.2 Å². The highest BCUT2D eigenvalue weighted by atomic mass is 19.3. The van der Waals surface area contributed by atoms with E-state index in [9.17, 15) is 18.4 Å². The van der Waals surface area contributed by atoms with E-state index in [1.54, 1.807) is 6.07 Å². The van der Waals surface area contributed by atoms with Gasteiger partial charge < -0.3 is 25.4 Å². The molecule has 0 radical (unpaired) electrons. The fourth-order valence-corrected chi connectivity index (χ4v) is 3.33. The molecule has 1 saturated carbocycles. The first-order valence-electron chi connectivity index (χ1n) is 9.57. The van der Waals surface area contributed by atoms with Gasteiger partial charge in [-0.3, -0.25) is 14.5 Å². The Morgan fingerprint density at radius 1 is 1.45 bits per heavy atom. The molecule has 1 atom stereocenters. The number of benzene rings is 1. The van der Waals surface area contributed by atoms with Gasteiger partial charge in [0.15, 0.2) is 5.75 Å². The first kappa shape index (κ1) is 21.4. The van der Waals surface area contributed by atoms with E-state index in [-0.39, 0.29) is 48.6 Å². The second-order valence-corrected chi connectivity index (χ2v) is 7.28. The topological polar surface area (TPSA) is 97.1 Å². The van der Waals surface area contributed by atoms with Crippen LogP contribution in [-0.2, 0) is 14.3 Å². The lowest BCUT2D eigenvalue weighted by molar-refractivity contribution is -0.126. The van der Waals surface area contributed by atoms with Crippen LogP contribution in [0, 0.1) is 5.92 Å². The smallest absolute Gasteiger partial charge is 0.387 e. The lowest BCUT2D eigenvalue weighted by Gasteiger charge is -2.29. The van der Waals surface area contributed by atoms with Gasteiger partial charge in [-0.2, -0.15) is 8.78 Å². The number of morpholine rings is 1. The highest BCUT2D eigenvalue weighted by Gasteiger charge is 2.29. The Morgan fingerprint density at radius 2 is 2.21 bits per heavy atom. The molecular weight excluding hydrogens is 386 g/mol. The Morgan fingerprint density at radius 3 is 2.83 bits per heavy atom. The number of alkyl halides is 2. The van der Waals surface area contributed by atoms with Crippen molar-refractivity contribution in [2.45, 2.75) is 25.5 Å². The van der Waals surface area contributed by atoms with E-state index < -0.39 is 12.7 Å². The Balaban J connectivity index is 1.76. The second-order valence-electron chi connectivity index (χ2n) is 7.28. The number of amides is 2. The number of rotatable bonds is 9. The molecule has 29 heavy (non-hydrogen) atoms. The summed E-state index contributed by atoms with van der Waals surface area (Å²) in [5.41, 5.74) is 6.27. The molecule has 1 aliphatic heterocycles. The molecule has 1 heterocycles. The standard InChI is InChI=1S/C19H26F2N4O4/c1-24(10-12-2-3-12)15(9-22)18(27)23-13-4-5-14(16(8-13)29-19(20)21)25-6-7-28-11-17(25)26/h4-5,8,12,15,19H,2-3,6-7,9-11,22H2,1H3,(H,23,27)/t15-/m1/s1. The number of ether oxygens (including phenoxy) is 2. The molecule has 1 aromatic rings. The van der Waals surface area contributed by atoms with Crippen molar-refractivity contribution < 1.29 is 27.8 Å². The van der Waals surface area contributed by atoms with Crippen molar-refractivity contribution in [3.05, 3.63) is 18.2 Å². The molecule has 1 saturated heterocycles. The lowest BCUT2D eigenvalue weighted by atomic mass is 10.2. The van der Waals surface area contributed by atoms with Crippen molar-refractivity contribution >= 4 is 23.2 Å². The third kappa shape index (κ3) is 5.62. The number of nitrogens with zero attached hydrogens (tertiary/aromatic N) is 2. The highest BCUT2D eigenvalue weighted by Crippen LogP contribution is 2.34. The fourth-order valence-electron chi connectivity index (χ4n) is 3.33. The van der Waals surface area contributed by atoms with E-state index in [0.717, 1.165) is 19.4 Å². The number of halogens is 2. The van der Waals surface area contributed by atoms with Gasteiger partial charge in [-0.05, 0) is 37.9 Å². The predicted molar refractivity (Wildman–Crippen MR) is 103 cm³/mol. The molecule has 2 aliphatic rings. The summed E-state index contributed by atoms with van der Waals surface area (Å²) in [4.78, 5) is 28.0. The molecule has 10 heteroatoms. The molecule has 3 rings (SSSR count). The Kier molecular flexibility index (Phi) is 6.99. The van der Waals surface area contributed by atoms with Gasteiger partial charge in [0, 0.05) is 31.4 Å². The average molecular weight is 412 g/mol. The van der Waals surface area contributed by atoms with E-state index >= 15 is 0 Å². The van der Waals surface area contributed by atoms with Crippen LogP contribution in [0.5, 0.6) is 5.75 Å². The summed E-state index contributed by atoms with van der Waals surface area (Å²) >= 11 is 0. The molecule has 1 aliphatic carbocycles. The van der Waals surface area contributed by atoms with Crippen LogP contribution in [0.1, 0.15) is 12.8 Å². The minimum absolute atomic E-state index is 0.127. The zero-order valence-corrected chi connectivity index (χ0v) is 16.3. The van der Waals surface area contributed by atoms with Crippen molar-refractivity contribution in [3.63, 3.8) is 0 Å². The van der Waals surface area contributed by atoms with Crippen LogP contribution in [0.15, 0.2) is 18.2 Å². The van der Waals surface area contributed by atoms with Crippen LogP contribution in [0.2, 0.25) is 0 Å².